The first-order valence-corrected chi connectivity index (χ1v) is 3.33. The van der Waals surface area contributed by atoms with Gasteiger partial charge in [-0.15, -0.1) is 12.4 Å². The van der Waals surface area contributed by atoms with Gasteiger partial charge in [0.05, 0.1) is 6.04 Å². The van der Waals surface area contributed by atoms with Crippen LogP contribution >= 0.6 is 12.4 Å². The van der Waals surface area contributed by atoms with E-state index in [1.807, 2.05) is 0 Å². The van der Waals surface area contributed by atoms with Gasteiger partial charge in [0.25, 0.3) is 0 Å². The van der Waals surface area contributed by atoms with Crippen LogP contribution in [0.5, 0.6) is 0 Å². The number of rotatable bonds is 1. The summed E-state index contributed by atoms with van der Waals surface area (Å²) in [5.41, 5.74) is 5.07. The van der Waals surface area contributed by atoms with Crippen molar-refractivity contribution in [3.05, 3.63) is 0 Å². The molecule has 0 saturated carbocycles. The SMILES string of the molecule is Cl.NC(=O)[C@@H]1CCCCN1. The molecule has 0 aromatic carbocycles. The zero-order valence-electron chi connectivity index (χ0n) is 5.80. The highest BCUT2D eigenvalue weighted by atomic mass is 35.5. The average molecular weight is 165 g/mol. The number of piperidine rings is 1. The molecule has 0 aromatic heterocycles. The first-order valence-electron chi connectivity index (χ1n) is 3.33. The average Bonchev–Trinajstić information content (AvgIpc) is 1.90. The molecule has 3 N–H and O–H groups in total. The van der Waals surface area contributed by atoms with Gasteiger partial charge >= 0.3 is 0 Å². The molecule has 0 aromatic rings. The maximum absolute atomic E-state index is 10.5. The highest BCUT2D eigenvalue weighted by molar-refractivity contribution is 5.85. The second-order valence-electron chi connectivity index (χ2n) is 2.40. The zero-order chi connectivity index (χ0) is 6.69. The molecule has 0 bridgehead atoms. The van der Waals surface area contributed by atoms with E-state index in [4.69, 9.17) is 5.73 Å². The molecule has 1 aliphatic heterocycles. The van der Waals surface area contributed by atoms with Gasteiger partial charge in [-0.2, -0.15) is 0 Å². The summed E-state index contributed by atoms with van der Waals surface area (Å²) in [6.45, 7) is 0.938. The first-order chi connectivity index (χ1) is 4.30. The number of hydrogen-bond donors (Lipinski definition) is 2. The molecule has 0 aliphatic carbocycles. The van der Waals surface area contributed by atoms with Crippen LogP contribution in [-0.4, -0.2) is 18.5 Å². The Bertz CT molecular complexity index is 112. The van der Waals surface area contributed by atoms with Gasteiger partial charge in [0.15, 0.2) is 0 Å². The summed E-state index contributed by atoms with van der Waals surface area (Å²) in [4.78, 5) is 10.5. The lowest BCUT2D eigenvalue weighted by molar-refractivity contribution is -0.120. The minimum atomic E-state index is -0.213. The van der Waals surface area contributed by atoms with Crippen LogP contribution in [0.4, 0.5) is 0 Å². The maximum Gasteiger partial charge on any atom is 0.234 e. The summed E-state index contributed by atoms with van der Waals surface area (Å²) in [5.74, 6) is -0.213. The lowest BCUT2D eigenvalue weighted by Crippen LogP contribution is -2.44. The number of nitrogens with two attached hydrogens (primary N) is 1. The normalized spacial score (nSPS) is 25.0. The van der Waals surface area contributed by atoms with Crippen molar-refractivity contribution >= 4 is 18.3 Å². The number of carbonyl (C=O) groups is 1. The van der Waals surface area contributed by atoms with Gasteiger partial charge in [0.2, 0.25) is 5.91 Å². The van der Waals surface area contributed by atoms with E-state index < -0.39 is 0 Å². The van der Waals surface area contributed by atoms with Crippen molar-refractivity contribution in [3.63, 3.8) is 0 Å². The Kier molecular flexibility index (Phi) is 4.40. The van der Waals surface area contributed by atoms with Crippen LogP contribution in [0.1, 0.15) is 19.3 Å². The molecule has 1 fully saturated rings. The lowest BCUT2D eigenvalue weighted by Gasteiger charge is -2.19. The van der Waals surface area contributed by atoms with Crippen molar-refractivity contribution < 1.29 is 4.79 Å². The van der Waals surface area contributed by atoms with Crippen molar-refractivity contribution in [2.45, 2.75) is 25.3 Å². The van der Waals surface area contributed by atoms with Crippen molar-refractivity contribution in [1.29, 1.82) is 0 Å². The fourth-order valence-corrected chi connectivity index (χ4v) is 1.09. The van der Waals surface area contributed by atoms with E-state index >= 15 is 0 Å². The minimum Gasteiger partial charge on any atom is -0.368 e. The topological polar surface area (TPSA) is 55.1 Å². The molecule has 0 spiro atoms. The molecule has 60 valence electrons. The third-order valence-corrected chi connectivity index (χ3v) is 1.65. The van der Waals surface area contributed by atoms with E-state index in [2.05, 4.69) is 5.32 Å². The Morgan fingerprint density at radius 2 is 2.20 bits per heavy atom. The van der Waals surface area contributed by atoms with E-state index in [0.717, 1.165) is 19.4 Å². The third-order valence-electron chi connectivity index (χ3n) is 1.65. The lowest BCUT2D eigenvalue weighted by atomic mass is 10.1. The van der Waals surface area contributed by atoms with Gasteiger partial charge in [0, 0.05) is 0 Å². The highest BCUT2D eigenvalue weighted by Crippen LogP contribution is 2.05. The van der Waals surface area contributed by atoms with Crippen LogP contribution in [0.15, 0.2) is 0 Å². The van der Waals surface area contributed by atoms with E-state index in [9.17, 15) is 4.79 Å². The Balaban J connectivity index is 0.000000810. The van der Waals surface area contributed by atoms with Crippen molar-refractivity contribution in [2.24, 2.45) is 5.73 Å². The predicted octanol–water partition coefficient (Wildman–Crippen LogP) is 0.0356. The Labute approximate surface area is 66.8 Å². The number of primary amides is 1. The van der Waals surface area contributed by atoms with Gasteiger partial charge in [-0.25, -0.2) is 0 Å². The summed E-state index contributed by atoms with van der Waals surface area (Å²) in [5, 5.41) is 3.04. The number of carbonyl (C=O) groups excluding carboxylic acids is 1. The molecular weight excluding hydrogens is 152 g/mol. The van der Waals surface area contributed by atoms with Gasteiger partial charge in [-0.1, -0.05) is 6.42 Å². The molecule has 1 aliphatic rings. The molecule has 1 saturated heterocycles. The predicted molar refractivity (Wildman–Crippen MR) is 42.1 cm³/mol. The quantitative estimate of drug-likeness (QED) is 0.575. The molecule has 0 radical (unpaired) electrons. The molecule has 1 rings (SSSR count). The van der Waals surface area contributed by atoms with Crippen LogP contribution in [-0.2, 0) is 4.79 Å². The van der Waals surface area contributed by atoms with Crippen molar-refractivity contribution in [2.75, 3.05) is 6.54 Å². The smallest absolute Gasteiger partial charge is 0.234 e. The van der Waals surface area contributed by atoms with Crippen LogP contribution in [0.25, 0.3) is 0 Å². The standard InChI is InChI=1S/C6H12N2O.ClH/c7-6(9)5-3-1-2-4-8-5;/h5,8H,1-4H2,(H2,7,9);1H/t5-;/m0./s1. The maximum atomic E-state index is 10.5. The first kappa shape index (κ1) is 9.72. The Hall–Kier alpha value is -0.280. The number of nitrogens with one attached hydrogen (secondary N) is 1. The molecule has 4 heteroatoms. The van der Waals surface area contributed by atoms with Gasteiger partial charge in [-0.3, -0.25) is 4.79 Å². The second kappa shape index (κ2) is 4.52. The Morgan fingerprint density at radius 1 is 1.50 bits per heavy atom. The third kappa shape index (κ3) is 2.54. The van der Waals surface area contributed by atoms with Crippen LogP contribution in [0, 0.1) is 0 Å². The summed E-state index contributed by atoms with van der Waals surface area (Å²) >= 11 is 0. The summed E-state index contributed by atoms with van der Waals surface area (Å²) < 4.78 is 0. The second-order valence-corrected chi connectivity index (χ2v) is 2.40. The van der Waals surface area contributed by atoms with Gasteiger partial charge < -0.3 is 11.1 Å². The van der Waals surface area contributed by atoms with E-state index in [1.54, 1.807) is 0 Å². The fraction of sp³-hybridized carbons (Fsp3) is 0.833. The monoisotopic (exact) mass is 164 g/mol. The molecule has 0 unspecified atom stereocenters. The molecule has 10 heavy (non-hydrogen) atoms. The molecular formula is C6H13ClN2O. The summed E-state index contributed by atoms with van der Waals surface area (Å²) in [7, 11) is 0. The number of amides is 1. The largest absolute Gasteiger partial charge is 0.368 e. The molecule has 1 heterocycles. The zero-order valence-corrected chi connectivity index (χ0v) is 6.62. The number of halogens is 1. The highest BCUT2D eigenvalue weighted by Gasteiger charge is 2.16. The summed E-state index contributed by atoms with van der Waals surface area (Å²) in [6.07, 6.45) is 3.21. The van der Waals surface area contributed by atoms with Crippen LogP contribution in [0.3, 0.4) is 0 Å². The van der Waals surface area contributed by atoms with E-state index in [0.29, 0.717) is 0 Å². The van der Waals surface area contributed by atoms with E-state index in [-0.39, 0.29) is 24.4 Å². The van der Waals surface area contributed by atoms with E-state index in [1.165, 1.54) is 6.42 Å². The number of hydrogen-bond acceptors (Lipinski definition) is 2. The van der Waals surface area contributed by atoms with Gasteiger partial charge in [0.1, 0.15) is 0 Å². The minimum absolute atomic E-state index is 0. The van der Waals surface area contributed by atoms with Gasteiger partial charge in [-0.05, 0) is 19.4 Å². The molecule has 3 nitrogen and oxygen atoms in total. The fourth-order valence-electron chi connectivity index (χ4n) is 1.09. The van der Waals surface area contributed by atoms with Crippen LogP contribution in [0.2, 0.25) is 0 Å². The summed E-state index contributed by atoms with van der Waals surface area (Å²) in [6, 6.07) is -0.0567. The van der Waals surface area contributed by atoms with Crippen molar-refractivity contribution in [3.8, 4) is 0 Å². The molecule has 1 atom stereocenters. The Morgan fingerprint density at radius 3 is 2.50 bits per heavy atom. The van der Waals surface area contributed by atoms with Crippen molar-refractivity contribution in [1.82, 2.24) is 5.32 Å². The molecule has 1 amide bonds. The van der Waals surface area contributed by atoms with Crippen LogP contribution < -0.4 is 11.1 Å².